The molecular formula is C25H29F3N6. The second kappa shape index (κ2) is 10.4. The first-order valence-corrected chi connectivity index (χ1v) is 11.5. The molecule has 0 radical (unpaired) electrons. The molecule has 180 valence electrons. The summed E-state index contributed by atoms with van der Waals surface area (Å²) in [6, 6.07) is 10.7. The van der Waals surface area contributed by atoms with E-state index in [-0.39, 0.29) is 5.95 Å². The fourth-order valence-electron chi connectivity index (χ4n) is 4.24. The normalized spacial score (nSPS) is 15.3. The van der Waals surface area contributed by atoms with Gasteiger partial charge in [-0.3, -0.25) is 0 Å². The molecule has 6 nitrogen and oxygen atoms in total. The summed E-state index contributed by atoms with van der Waals surface area (Å²) in [4.78, 5) is 17.0. The average Bonchev–Trinajstić information content (AvgIpc) is 3.04. The summed E-state index contributed by atoms with van der Waals surface area (Å²) < 4.78 is 39.0. The first kappa shape index (κ1) is 23.9. The summed E-state index contributed by atoms with van der Waals surface area (Å²) in [6.07, 6.45) is 0.646. The third kappa shape index (κ3) is 6.02. The second-order valence-corrected chi connectivity index (χ2v) is 8.56. The lowest BCUT2D eigenvalue weighted by Crippen LogP contribution is -2.31. The van der Waals surface area contributed by atoms with Crippen molar-refractivity contribution in [3.8, 4) is 11.1 Å². The Balaban J connectivity index is 1.55. The maximum absolute atomic E-state index is 13.0. The molecular weight excluding hydrogens is 441 g/mol. The summed E-state index contributed by atoms with van der Waals surface area (Å²) in [5.41, 5.74) is 2.55. The number of alkyl halides is 3. The molecule has 1 aliphatic heterocycles. The van der Waals surface area contributed by atoms with Gasteiger partial charge >= 0.3 is 6.18 Å². The average molecular weight is 471 g/mol. The molecule has 0 atom stereocenters. The highest BCUT2D eigenvalue weighted by molar-refractivity contribution is 5.72. The maximum atomic E-state index is 13.0. The van der Waals surface area contributed by atoms with Crippen molar-refractivity contribution < 1.29 is 13.2 Å². The summed E-state index contributed by atoms with van der Waals surface area (Å²) >= 11 is 0. The Bertz CT molecular complexity index is 1120. The number of nitrogens with one attached hydrogen (secondary N) is 1. The molecule has 2 aromatic heterocycles. The number of aromatic nitrogens is 3. The fraction of sp³-hybridized carbons (Fsp3) is 0.400. The van der Waals surface area contributed by atoms with Crippen LogP contribution < -0.4 is 10.2 Å². The Morgan fingerprint density at radius 2 is 1.76 bits per heavy atom. The molecule has 1 aliphatic rings. The van der Waals surface area contributed by atoms with Crippen molar-refractivity contribution >= 4 is 17.5 Å². The third-order valence-electron chi connectivity index (χ3n) is 5.81. The Labute approximate surface area is 197 Å². The maximum Gasteiger partial charge on any atom is 0.433 e. The number of rotatable bonds is 6. The summed E-state index contributed by atoms with van der Waals surface area (Å²) in [5, 5.41) is 2.92. The Hall–Kier alpha value is -3.20. The van der Waals surface area contributed by atoms with Gasteiger partial charge in [0.25, 0.3) is 0 Å². The molecule has 34 heavy (non-hydrogen) atoms. The van der Waals surface area contributed by atoms with Crippen LogP contribution in [-0.2, 0) is 6.18 Å². The highest BCUT2D eigenvalue weighted by Crippen LogP contribution is 2.30. The van der Waals surface area contributed by atoms with Crippen LogP contribution in [0.15, 0.2) is 48.8 Å². The number of hydrogen-bond donors (Lipinski definition) is 1. The monoisotopic (exact) mass is 470 g/mol. The standard InChI is InChI=1S/C25H29F3N6/c1-3-9-33-10-4-11-34(13-12-33)23-17-19(5-7-29-23)20-14-18(2)15-21(16-20)31-24-30-8-6-22(32-24)25(26,27)28/h5-8,14-17H,3-4,9-13H2,1-2H3,(H,30,31,32). The number of pyridine rings is 1. The minimum absolute atomic E-state index is 0.0945. The molecule has 3 heterocycles. The van der Waals surface area contributed by atoms with Crippen molar-refractivity contribution in [3.63, 3.8) is 0 Å². The van der Waals surface area contributed by atoms with E-state index in [1.807, 2.05) is 37.4 Å². The largest absolute Gasteiger partial charge is 0.433 e. The quantitative estimate of drug-likeness (QED) is 0.511. The number of anilines is 3. The molecule has 0 spiro atoms. The predicted molar refractivity (Wildman–Crippen MR) is 128 cm³/mol. The second-order valence-electron chi connectivity index (χ2n) is 8.56. The van der Waals surface area contributed by atoms with Crippen molar-refractivity contribution in [2.24, 2.45) is 0 Å². The van der Waals surface area contributed by atoms with Crippen molar-refractivity contribution in [3.05, 3.63) is 60.0 Å². The van der Waals surface area contributed by atoms with Crippen LogP contribution in [0.2, 0.25) is 0 Å². The minimum Gasteiger partial charge on any atom is -0.355 e. The van der Waals surface area contributed by atoms with Gasteiger partial charge in [0.05, 0.1) is 0 Å². The van der Waals surface area contributed by atoms with Gasteiger partial charge in [-0.2, -0.15) is 13.2 Å². The molecule has 1 saturated heterocycles. The molecule has 0 aliphatic carbocycles. The molecule has 3 aromatic rings. The predicted octanol–water partition coefficient (Wildman–Crippen LogP) is 5.53. The van der Waals surface area contributed by atoms with Crippen LogP contribution in [0.1, 0.15) is 31.0 Å². The van der Waals surface area contributed by atoms with Gasteiger partial charge in [-0.25, -0.2) is 15.0 Å². The zero-order valence-corrected chi connectivity index (χ0v) is 19.4. The number of halogens is 3. The summed E-state index contributed by atoms with van der Waals surface area (Å²) in [5.74, 6) is 0.844. The highest BCUT2D eigenvalue weighted by atomic mass is 19.4. The van der Waals surface area contributed by atoms with Crippen molar-refractivity contribution in [1.82, 2.24) is 19.9 Å². The van der Waals surface area contributed by atoms with E-state index >= 15 is 0 Å². The van der Waals surface area contributed by atoms with E-state index < -0.39 is 11.9 Å². The van der Waals surface area contributed by atoms with Crippen LogP contribution >= 0.6 is 0 Å². The van der Waals surface area contributed by atoms with Crippen LogP contribution in [0.4, 0.5) is 30.6 Å². The lowest BCUT2D eigenvalue weighted by Gasteiger charge is -2.23. The minimum atomic E-state index is -4.52. The smallest absolute Gasteiger partial charge is 0.355 e. The molecule has 0 amide bonds. The number of hydrogen-bond acceptors (Lipinski definition) is 6. The Kier molecular flexibility index (Phi) is 7.31. The molecule has 1 aromatic carbocycles. The first-order valence-electron chi connectivity index (χ1n) is 11.5. The number of nitrogens with zero attached hydrogens (tertiary/aromatic N) is 5. The topological polar surface area (TPSA) is 57.2 Å². The lowest BCUT2D eigenvalue weighted by molar-refractivity contribution is -0.141. The zero-order chi connectivity index (χ0) is 24.1. The SMILES string of the molecule is CCCN1CCCN(c2cc(-c3cc(C)cc(Nc4nccc(C(F)(F)F)n4)c3)ccn2)CC1. The molecule has 1 N–H and O–H groups in total. The number of benzene rings is 1. The van der Waals surface area contributed by atoms with Crippen molar-refractivity contribution in [1.29, 1.82) is 0 Å². The van der Waals surface area contributed by atoms with Crippen LogP contribution in [0.25, 0.3) is 11.1 Å². The van der Waals surface area contributed by atoms with E-state index in [4.69, 9.17) is 0 Å². The highest BCUT2D eigenvalue weighted by Gasteiger charge is 2.32. The summed E-state index contributed by atoms with van der Waals surface area (Å²) in [6.45, 7) is 9.30. The van der Waals surface area contributed by atoms with Gasteiger partial charge in [0.2, 0.25) is 5.95 Å². The van der Waals surface area contributed by atoms with Gasteiger partial charge in [0, 0.05) is 37.7 Å². The van der Waals surface area contributed by atoms with Gasteiger partial charge in [-0.15, -0.1) is 0 Å². The van der Waals surface area contributed by atoms with Crippen molar-refractivity contribution in [2.45, 2.75) is 32.9 Å². The Morgan fingerprint density at radius 3 is 2.56 bits per heavy atom. The Morgan fingerprint density at radius 1 is 0.941 bits per heavy atom. The number of aryl methyl sites for hydroxylation is 1. The van der Waals surface area contributed by atoms with Gasteiger partial charge in [-0.1, -0.05) is 13.0 Å². The van der Waals surface area contributed by atoms with Gasteiger partial charge < -0.3 is 15.1 Å². The third-order valence-corrected chi connectivity index (χ3v) is 5.81. The summed E-state index contributed by atoms with van der Waals surface area (Å²) in [7, 11) is 0. The molecule has 0 bridgehead atoms. The lowest BCUT2D eigenvalue weighted by atomic mass is 10.0. The van der Waals surface area contributed by atoms with E-state index in [0.717, 1.165) is 80.3 Å². The van der Waals surface area contributed by atoms with Crippen LogP contribution in [0.5, 0.6) is 0 Å². The van der Waals surface area contributed by atoms with Gasteiger partial charge in [-0.05, 0) is 79.9 Å². The van der Waals surface area contributed by atoms with Crippen LogP contribution in [-0.4, -0.2) is 52.6 Å². The molecule has 4 rings (SSSR count). The molecule has 0 unspecified atom stereocenters. The van der Waals surface area contributed by atoms with E-state index in [9.17, 15) is 13.2 Å². The van der Waals surface area contributed by atoms with E-state index in [1.165, 1.54) is 0 Å². The zero-order valence-electron chi connectivity index (χ0n) is 19.4. The van der Waals surface area contributed by atoms with Crippen LogP contribution in [0.3, 0.4) is 0 Å². The van der Waals surface area contributed by atoms with Gasteiger partial charge in [0.1, 0.15) is 11.5 Å². The fourth-order valence-corrected chi connectivity index (χ4v) is 4.24. The molecule has 0 saturated carbocycles. The van der Waals surface area contributed by atoms with Gasteiger partial charge in [0.15, 0.2) is 0 Å². The molecule has 1 fully saturated rings. The van der Waals surface area contributed by atoms with Crippen LogP contribution in [0, 0.1) is 6.92 Å². The van der Waals surface area contributed by atoms with E-state index in [2.05, 4.69) is 43.1 Å². The van der Waals surface area contributed by atoms with E-state index in [1.54, 1.807) is 0 Å². The molecule has 9 heteroatoms. The van der Waals surface area contributed by atoms with E-state index in [0.29, 0.717) is 5.69 Å². The first-order chi connectivity index (χ1) is 16.3. The van der Waals surface area contributed by atoms with Crippen molar-refractivity contribution in [2.75, 3.05) is 42.9 Å².